The average Bonchev–Trinajstić information content (AvgIpc) is 3.13. The number of hydrogen-bond acceptors (Lipinski definition) is 7. The van der Waals surface area contributed by atoms with Crippen molar-refractivity contribution in [2.24, 2.45) is 23.7 Å². The molecule has 2 aromatic rings. The summed E-state index contributed by atoms with van der Waals surface area (Å²) in [6.07, 6.45) is 5.16. The van der Waals surface area contributed by atoms with Crippen LogP contribution in [0.25, 0.3) is 10.8 Å². The molecule has 8 nitrogen and oxygen atoms in total. The summed E-state index contributed by atoms with van der Waals surface area (Å²) in [5.74, 6) is 0.627. The lowest BCUT2D eigenvalue weighted by molar-refractivity contribution is -0.567. The van der Waals surface area contributed by atoms with Crippen molar-refractivity contribution in [3.63, 3.8) is 0 Å². The smallest absolute Gasteiger partial charge is 0.241 e. The average molecular weight is 545 g/mol. The number of benzene rings is 2. The molecule has 4 heterocycles. The van der Waals surface area contributed by atoms with Gasteiger partial charge >= 0.3 is 0 Å². The van der Waals surface area contributed by atoms with Gasteiger partial charge < -0.3 is 14.4 Å². The summed E-state index contributed by atoms with van der Waals surface area (Å²) in [6.45, 7) is 5.22. The predicted octanol–water partition coefficient (Wildman–Crippen LogP) is 4.83. The second-order valence-corrected chi connectivity index (χ2v) is 13.8. The zero-order chi connectivity index (χ0) is 26.7. The second-order valence-electron chi connectivity index (χ2n) is 12.1. The highest BCUT2D eigenvalue weighted by Gasteiger charge is 2.68. The molecule has 3 unspecified atom stereocenters. The molecule has 4 aliphatic heterocycles. The minimum atomic E-state index is -3.66. The van der Waals surface area contributed by atoms with E-state index < -0.39 is 27.7 Å². The van der Waals surface area contributed by atoms with Gasteiger partial charge in [0, 0.05) is 49.4 Å². The highest BCUT2D eigenvalue weighted by molar-refractivity contribution is 7.89. The molecule has 2 bridgehead atoms. The van der Waals surface area contributed by atoms with E-state index in [0.29, 0.717) is 29.9 Å². The van der Waals surface area contributed by atoms with Crippen LogP contribution in [0.2, 0.25) is 0 Å². The quantitative estimate of drug-likeness (QED) is 0.395. The lowest BCUT2D eigenvalue weighted by Crippen LogP contribution is -2.69. The van der Waals surface area contributed by atoms with Gasteiger partial charge in [0.25, 0.3) is 0 Å². The first-order chi connectivity index (χ1) is 18.1. The summed E-state index contributed by atoms with van der Waals surface area (Å²) in [6, 6.07) is 11.2. The molecule has 1 N–H and O–H groups in total. The van der Waals surface area contributed by atoms with E-state index in [4.69, 9.17) is 19.2 Å². The Morgan fingerprint density at radius 1 is 1.03 bits per heavy atom. The Morgan fingerprint density at radius 3 is 2.63 bits per heavy atom. The third-order valence-electron chi connectivity index (χ3n) is 9.48. The number of sulfonamides is 1. The number of nitrogens with zero attached hydrogens (tertiary/aromatic N) is 1. The monoisotopic (exact) mass is 544 g/mol. The van der Waals surface area contributed by atoms with Crippen LogP contribution in [0.4, 0.5) is 5.69 Å². The Hall–Kier alpha value is -1.75. The van der Waals surface area contributed by atoms with Crippen LogP contribution < -0.4 is 9.62 Å². The van der Waals surface area contributed by atoms with Gasteiger partial charge in [0.05, 0.1) is 11.5 Å². The van der Waals surface area contributed by atoms with Crippen LogP contribution in [-0.2, 0) is 29.3 Å². The molecule has 4 saturated heterocycles. The summed E-state index contributed by atoms with van der Waals surface area (Å²) < 4.78 is 42.2. The first-order valence-electron chi connectivity index (χ1n) is 14.0. The molecule has 38 heavy (non-hydrogen) atoms. The minimum absolute atomic E-state index is 0.264. The molecule has 5 fully saturated rings. The largest absolute Gasteiger partial charge is 0.377 e. The van der Waals surface area contributed by atoms with E-state index in [1.165, 1.54) is 0 Å². The Bertz CT molecular complexity index is 1300. The lowest BCUT2D eigenvalue weighted by atomic mass is 9.57. The second kappa shape index (κ2) is 9.71. The van der Waals surface area contributed by atoms with Crippen LogP contribution >= 0.6 is 0 Å². The summed E-state index contributed by atoms with van der Waals surface area (Å²) in [4.78, 5) is 14.5. The molecule has 0 amide bonds. The maximum absolute atomic E-state index is 13.3. The number of nitrogens with one attached hydrogen (secondary N) is 1. The van der Waals surface area contributed by atoms with Gasteiger partial charge in [0.2, 0.25) is 15.8 Å². The van der Waals surface area contributed by atoms with Crippen LogP contribution in [0, 0.1) is 23.7 Å². The molecule has 1 aliphatic carbocycles. The zero-order valence-corrected chi connectivity index (χ0v) is 23.6. The van der Waals surface area contributed by atoms with Crippen molar-refractivity contribution >= 4 is 26.5 Å². The van der Waals surface area contributed by atoms with Crippen molar-refractivity contribution in [1.29, 1.82) is 0 Å². The standard InChI is InChI=1S/C29H40N2O6S/c1-19-13-14-24-20(18-34-27-29(24)23(19)15-16-28(2,35-27)36-37-29)8-7-17-30-38(32,33)26-12-6-9-21-22(26)10-5-11-25(21)31(3)4/h5-6,9-12,19-20,23-24,27,30H,7-8,13-18H2,1-4H3/t19-,20+,23+,24+,27?,28?,29?/m1/s1. The summed E-state index contributed by atoms with van der Waals surface area (Å²) in [5, 5.41) is 1.65. The van der Waals surface area contributed by atoms with Crippen LogP contribution in [-0.4, -0.2) is 53.3 Å². The van der Waals surface area contributed by atoms with Crippen molar-refractivity contribution in [2.45, 2.75) is 74.9 Å². The maximum atomic E-state index is 13.3. The lowest BCUT2D eigenvalue weighted by Gasteiger charge is -2.59. The molecule has 208 valence electrons. The van der Waals surface area contributed by atoms with E-state index in [-0.39, 0.29) is 11.8 Å². The van der Waals surface area contributed by atoms with Crippen LogP contribution in [0.15, 0.2) is 41.3 Å². The number of anilines is 1. The van der Waals surface area contributed by atoms with E-state index in [1.54, 1.807) is 6.07 Å². The maximum Gasteiger partial charge on any atom is 0.241 e. The molecule has 7 rings (SSSR count). The van der Waals surface area contributed by atoms with Crippen molar-refractivity contribution < 1.29 is 27.7 Å². The summed E-state index contributed by atoms with van der Waals surface area (Å²) in [7, 11) is 0.264. The normalized spacial score (nSPS) is 36.6. The summed E-state index contributed by atoms with van der Waals surface area (Å²) in [5.41, 5.74) is 0.412. The molecular weight excluding hydrogens is 504 g/mol. The molecule has 9 heteroatoms. The number of rotatable bonds is 7. The van der Waals surface area contributed by atoms with E-state index in [9.17, 15) is 8.42 Å². The molecule has 0 radical (unpaired) electrons. The van der Waals surface area contributed by atoms with Crippen molar-refractivity contribution in [3.05, 3.63) is 36.4 Å². The van der Waals surface area contributed by atoms with Crippen LogP contribution in [0.1, 0.15) is 52.4 Å². The first-order valence-corrected chi connectivity index (χ1v) is 15.5. The highest BCUT2D eigenvalue weighted by atomic mass is 32.2. The third kappa shape index (κ3) is 4.26. The highest BCUT2D eigenvalue weighted by Crippen LogP contribution is 2.60. The van der Waals surface area contributed by atoms with Crippen molar-refractivity contribution in [1.82, 2.24) is 4.72 Å². The van der Waals surface area contributed by atoms with Gasteiger partial charge in [0.1, 0.15) is 0 Å². The molecule has 5 aliphatic rings. The molecule has 1 spiro atoms. The molecule has 7 atom stereocenters. The van der Waals surface area contributed by atoms with E-state index >= 15 is 0 Å². The van der Waals surface area contributed by atoms with E-state index in [1.807, 2.05) is 56.3 Å². The predicted molar refractivity (Wildman–Crippen MR) is 145 cm³/mol. The van der Waals surface area contributed by atoms with Gasteiger partial charge in [-0.05, 0) is 68.9 Å². The molecule has 0 aromatic heterocycles. The van der Waals surface area contributed by atoms with Gasteiger partial charge in [0.15, 0.2) is 11.9 Å². The Labute approximate surface area is 225 Å². The summed E-state index contributed by atoms with van der Waals surface area (Å²) >= 11 is 0. The van der Waals surface area contributed by atoms with Crippen LogP contribution in [0.5, 0.6) is 0 Å². The Balaban J connectivity index is 1.15. The van der Waals surface area contributed by atoms with Crippen molar-refractivity contribution in [2.75, 3.05) is 32.1 Å². The molecule has 1 saturated carbocycles. The van der Waals surface area contributed by atoms with Gasteiger partial charge in [-0.15, -0.1) is 0 Å². The molecule has 2 aromatic carbocycles. The van der Waals surface area contributed by atoms with Crippen LogP contribution in [0.3, 0.4) is 0 Å². The Kier molecular flexibility index (Phi) is 6.77. The van der Waals surface area contributed by atoms with Gasteiger partial charge in [-0.1, -0.05) is 31.2 Å². The fourth-order valence-electron chi connectivity index (χ4n) is 7.55. The third-order valence-corrected chi connectivity index (χ3v) is 11.0. The zero-order valence-electron chi connectivity index (χ0n) is 22.8. The van der Waals surface area contributed by atoms with Gasteiger partial charge in [-0.2, -0.15) is 0 Å². The number of ether oxygens (including phenoxy) is 2. The number of hydrogen-bond donors (Lipinski definition) is 1. The van der Waals surface area contributed by atoms with E-state index in [0.717, 1.165) is 55.0 Å². The fraction of sp³-hybridized carbons (Fsp3) is 0.655. The topological polar surface area (TPSA) is 86.3 Å². The molecular formula is C29H40N2O6S. The first kappa shape index (κ1) is 26.5. The SMILES string of the molecule is C[C@@H]1CC[C@H]2[C@@H](CCCNS(=O)(=O)c3cccc4c(N(C)C)cccc34)COC3OC4(C)CC[C@@H]1C32OO4. The Morgan fingerprint density at radius 2 is 1.82 bits per heavy atom. The number of fused-ring (bicyclic) bond motifs is 3. The van der Waals surface area contributed by atoms with Crippen molar-refractivity contribution in [3.8, 4) is 0 Å². The fourth-order valence-corrected chi connectivity index (χ4v) is 8.84. The van der Waals surface area contributed by atoms with E-state index in [2.05, 4.69) is 11.6 Å². The van der Waals surface area contributed by atoms with Gasteiger partial charge in [-0.25, -0.2) is 22.9 Å². The van der Waals surface area contributed by atoms with Gasteiger partial charge in [-0.3, -0.25) is 0 Å². The minimum Gasteiger partial charge on any atom is -0.377 e.